The lowest BCUT2D eigenvalue weighted by atomic mass is 10.1. The van der Waals surface area contributed by atoms with Gasteiger partial charge in [-0.05, 0) is 37.6 Å². The fourth-order valence-corrected chi connectivity index (χ4v) is 2.52. The highest BCUT2D eigenvalue weighted by atomic mass is 35.5. The molecule has 8 heteroatoms. The van der Waals surface area contributed by atoms with Gasteiger partial charge in [-0.15, -0.1) is 0 Å². The van der Waals surface area contributed by atoms with Gasteiger partial charge in [0, 0.05) is 30.7 Å². The van der Waals surface area contributed by atoms with E-state index in [0.717, 1.165) is 16.9 Å². The topological polar surface area (TPSA) is 81.9 Å². The molecule has 0 saturated carbocycles. The fourth-order valence-electron chi connectivity index (χ4n) is 2.38. The summed E-state index contributed by atoms with van der Waals surface area (Å²) in [5, 5.41) is 7.61. The molecular formula is C18H18ClN5O2. The van der Waals surface area contributed by atoms with Crippen molar-refractivity contribution >= 4 is 29.1 Å². The second kappa shape index (κ2) is 7.53. The van der Waals surface area contributed by atoms with Gasteiger partial charge in [-0.25, -0.2) is 9.78 Å². The van der Waals surface area contributed by atoms with Crippen LogP contribution in [0.1, 0.15) is 24.2 Å². The minimum atomic E-state index is -0.519. The van der Waals surface area contributed by atoms with Crippen molar-refractivity contribution in [1.82, 2.24) is 19.7 Å². The van der Waals surface area contributed by atoms with Crippen LogP contribution >= 0.6 is 11.6 Å². The molecular weight excluding hydrogens is 354 g/mol. The van der Waals surface area contributed by atoms with E-state index >= 15 is 0 Å². The van der Waals surface area contributed by atoms with Crippen LogP contribution in [0.2, 0.25) is 5.28 Å². The lowest BCUT2D eigenvalue weighted by Crippen LogP contribution is -2.14. The fraction of sp³-hybridized carbons (Fsp3) is 0.222. The number of carbonyl (C=O) groups is 1. The third-order valence-corrected chi connectivity index (χ3v) is 3.67. The van der Waals surface area contributed by atoms with Crippen LogP contribution < -0.4 is 5.32 Å². The molecule has 2 heterocycles. The highest BCUT2D eigenvalue weighted by Gasteiger charge is 2.18. The molecule has 1 N–H and O–H groups in total. The number of rotatable bonds is 5. The number of para-hydroxylation sites is 1. The Bertz CT molecular complexity index is 939. The number of benzene rings is 1. The minimum Gasteiger partial charge on any atom is -0.459 e. The number of halogens is 1. The summed E-state index contributed by atoms with van der Waals surface area (Å²) >= 11 is 5.92. The van der Waals surface area contributed by atoms with Crippen molar-refractivity contribution in [2.75, 3.05) is 5.32 Å². The van der Waals surface area contributed by atoms with Gasteiger partial charge in [-0.2, -0.15) is 10.1 Å². The van der Waals surface area contributed by atoms with Crippen molar-refractivity contribution in [2.24, 2.45) is 7.05 Å². The van der Waals surface area contributed by atoms with Crippen molar-refractivity contribution in [3.63, 3.8) is 0 Å². The van der Waals surface area contributed by atoms with Crippen LogP contribution in [0.25, 0.3) is 11.3 Å². The first-order valence-corrected chi connectivity index (χ1v) is 8.41. The second-order valence-corrected chi connectivity index (χ2v) is 6.24. The number of hydrogen-bond acceptors (Lipinski definition) is 6. The summed E-state index contributed by atoms with van der Waals surface area (Å²) in [6.45, 7) is 3.55. The van der Waals surface area contributed by atoms with E-state index in [4.69, 9.17) is 16.3 Å². The van der Waals surface area contributed by atoms with Crippen LogP contribution in [0.15, 0.2) is 42.7 Å². The van der Waals surface area contributed by atoms with Crippen LogP contribution in [-0.2, 0) is 11.8 Å². The number of aromatic nitrogens is 4. The van der Waals surface area contributed by atoms with Gasteiger partial charge in [0.05, 0.1) is 11.8 Å². The molecule has 0 radical (unpaired) electrons. The number of nitrogens with one attached hydrogen (secondary N) is 1. The SMILES string of the molecule is CC(C)OC(=O)c1cnc(Cl)nc1Nc1ccccc1-c1ccn(C)n1. The number of esters is 1. The maximum atomic E-state index is 12.3. The largest absolute Gasteiger partial charge is 0.459 e. The van der Waals surface area contributed by atoms with E-state index in [1.165, 1.54) is 6.20 Å². The number of hydrogen-bond donors (Lipinski definition) is 1. The van der Waals surface area contributed by atoms with Crippen molar-refractivity contribution in [3.05, 3.63) is 53.6 Å². The van der Waals surface area contributed by atoms with Gasteiger partial charge in [0.2, 0.25) is 5.28 Å². The second-order valence-electron chi connectivity index (χ2n) is 5.90. The van der Waals surface area contributed by atoms with Gasteiger partial charge in [0.1, 0.15) is 11.4 Å². The molecule has 0 spiro atoms. The molecule has 0 bridgehead atoms. The van der Waals surface area contributed by atoms with E-state index in [1.54, 1.807) is 18.5 Å². The van der Waals surface area contributed by atoms with Crippen molar-refractivity contribution in [3.8, 4) is 11.3 Å². The van der Waals surface area contributed by atoms with Crippen LogP contribution in [0.5, 0.6) is 0 Å². The first kappa shape index (κ1) is 17.9. The quantitative estimate of drug-likeness (QED) is 0.542. The predicted octanol–water partition coefficient (Wildman–Crippen LogP) is 3.84. The number of nitrogens with zero attached hydrogens (tertiary/aromatic N) is 4. The van der Waals surface area contributed by atoms with E-state index in [1.807, 2.05) is 43.6 Å². The smallest absolute Gasteiger partial charge is 0.343 e. The average molecular weight is 372 g/mol. The van der Waals surface area contributed by atoms with Crippen LogP contribution in [-0.4, -0.2) is 31.8 Å². The zero-order chi connectivity index (χ0) is 18.7. The zero-order valence-corrected chi connectivity index (χ0v) is 15.4. The highest BCUT2D eigenvalue weighted by Crippen LogP contribution is 2.30. The Hall–Kier alpha value is -2.93. The number of ether oxygens (including phenoxy) is 1. The van der Waals surface area contributed by atoms with Crippen LogP contribution in [0.3, 0.4) is 0 Å². The predicted molar refractivity (Wildman–Crippen MR) is 99.5 cm³/mol. The summed E-state index contributed by atoms with van der Waals surface area (Å²) in [5.41, 5.74) is 2.60. The maximum absolute atomic E-state index is 12.3. The molecule has 134 valence electrons. The van der Waals surface area contributed by atoms with Gasteiger partial charge < -0.3 is 10.1 Å². The standard InChI is InChI=1S/C18H18ClN5O2/c1-11(2)26-17(25)13-10-20-18(19)22-16(13)21-14-7-5-4-6-12(14)15-8-9-24(3)23-15/h4-11H,1-3H3,(H,20,21,22). The van der Waals surface area contributed by atoms with E-state index in [9.17, 15) is 4.79 Å². The summed E-state index contributed by atoms with van der Waals surface area (Å²) in [4.78, 5) is 20.4. The van der Waals surface area contributed by atoms with Gasteiger partial charge >= 0.3 is 5.97 Å². The third kappa shape index (κ3) is 4.00. The number of carbonyl (C=O) groups excluding carboxylic acids is 1. The zero-order valence-electron chi connectivity index (χ0n) is 14.6. The normalized spacial score (nSPS) is 10.8. The van der Waals surface area contributed by atoms with Crippen LogP contribution in [0, 0.1) is 0 Å². The van der Waals surface area contributed by atoms with Crippen molar-refractivity contribution < 1.29 is 9.53 Å². The average Bonchev–Trinajstić information content (AvgIpc) is 3.01. The van der Waals surface area contributed by atoms with Gasteiger partial charge in [0.15, 0.2) is 0 Å². The van der Waals surface area contributed by atoms with Gasteiger partial charge in [0.25, 0.3) is 0 Å². The van der Waals surface area contributed by atoms with E-state index in [2.05, 4.69) is 20.4 Å². The summed E-state index contributed by atoms with van der Waals surface area (Å²) in [6.07, 6.45) is 2.96. The lowest BCUT2D eigenvalue weighted by Gasteiger charge is -2.14. The highest BCUT2D eigenvalue weighted by molar-refractivity contribution is 6.28. The Morgan fingerprint density at radius 1 is 1.27 bits per heavy atom. The first-order valence-electron chi connectivity index (χ1n) is 8.03. The molecule has 0 aliphatic heterocycles. The Morgan fingerprint density at radius 3 is 2.73 bits per heavy atom. The van der Waals surface area contributed by atoms with Crippen LogP contribution in [0.4, 0.5) is 11.5 Å². The Labute approximate surface area is 156 Å². The van der Waals surface area contributed by atoms with E-state index in [0.29, 0.717) is 0 Å². The monoisotopic (exact) mass is 371 g/mol. The molecule has 0 unspecified atom stereocenters. The van der Waals surface area contributed by atoms with Gasteiger partial charge in [-0.3, -0.25) is 4.68 Å². The van der Waals surface area contributed by atoms with Gasteiger partial charge in [-0.1, -0.05) is 18.2 Å². The van der Waals surface area contributed by atoms with Crippen molar-refractivity contribution in [2.45, 2.75) is 20.0 Å². The summed E-state index contributed by atoms with van der Waals surface area (Å²) in [6, 6.07) is 9.50. The summed E-state index contributed by atoms with van der Waals surface area (Å²) in [5.74, 6) is -0.242. The molecule has 26 heavy (non-hydrogen) atoms. The number of aryl methyl sites for hydroxylation is 1. The Kier molecular flexibility index (Phi) is 5.18. The Balaban J connectivity index is 2.00. The molecule has 2 aromatic heterocycles. The maximum Gasteiger partial charge on any atom is 0.343 e. The molecule has 0 aliphatic rings. The van der Waals surface area contributed by atoms with E-state index < -0.39 is 5.97 Å². The summed E-state index contributed by atoms with van der Waals surface area (Å²) in [7, 11) is 1.85. The molecule has 0 aliphatic carbocycles. The molecule has 7 nitrogen and oxygen atoms in total. The molecule has 0 amide bonds. The molecule has 3 rings (SSSR count). The molecule has 0 fully saturated rings. The first-order chi connectivity index (χ1) is 12.4. The third-order valence-electron chi connectivity index (χ3n) is 3.49. The number of anilines is 2. The molecule has 1 aromatic carbocycles. The van der Waals surface area contributed by atoms with E-state index in [-0.39, 0.29) is 22.8 Å². The Morgan fingerprint density at radius 2 is 2.04 bits per heavy atom. The lowest BCUT2D eigenvalue weighted by molar-refractivity contribution is 0.0378. The molecule has 0 saturated heterocycles. The summed E-state index contributed by atoms with van der Waals surface area (Å²) < 4.78 is 6.98. The minimum absolute atomic E-state index is 0.0314. The molecule has 3 aromatic rings. The van der Waals surface area contributed by atoms with Crippen molar-refractivity contribution in [1.29, 1.82) is 0 Å². The molecule has 0 atom stereocenters.